The lowest BCUT2D eigenvalue weighted by Crippen LogP contribution is -2.49. The van der Waals surface area contributed by atoms with Crippen molar-refractivity contribution in [2.45, 2.75) is 45.4 Å². The summed E-state index contributed by atoms with van der Waals surface area (Å²) in [7, 11) is 0. The number of anilines is 1. The third-order valence-corrected chi connectivity index (χ3v) is 7.82. The number of carbonyl (C=O) groups is 3. The molecule has 1 aliphatic heterocycles. The molecule has 0 saturated carbocycles. The first-order valence-electron chi connectivity index (χ1n) is 12.7. The van der Waals surface area contributed by atoms with E-state index in [0.717, 1.165) is 39.8 Å². The lowest BCUT2D eigenvalue weighted by Gasteiger charge is -2.39. The number of aromatic amines is 1. The fourth-order valence-electron chi connectivity index (χ4n) is 5.73. The van der Waals surface area contributed by atoms with Crippen molar-refractivity contribution in [1.82, 2.24) is 9.88 Å². The fourth-order valence-corrected chi connectivity index (χ4v) is 5.73. The van der Waals surface area contributed by atoms with E-state index in [1.54, 1.807) is 17.0 Å². The topological polar surface area (TPSA) is 118 Å². The zero-order valence-corrected chi connectivity index (χ0v) is 21.4. The van der Waals surface area contributed by atoms with Gasteiger partial charge in [0.25, 0.3) is 0 Å². The Labute approximate surface area is 215 Å². The highest BCUT2D eigenvalue weighted by molar-refractivity contribution is 6.20. The molecule has 0 unspecified atom stereocenters. The second-order valence-electron chi connectivity index (χ2n) is 10.3. The summed E-state index contributed by atoms with van der Waals surface area (Å²) in [6.45, 7) is 8.68. The molecule has 2 heterocycles. The number of hydrogen-bond acceptors (Lipinski definition) is 5. The highest BCUT2D eigenvalue weighted by atomic mass is 16.4. The molecule has 1 saturated heterocycles. The van der Waals surface area contributed by atoms with Crippen LogP contribution in [0, 0.1) is 11.3 Å². The molecule has 3 aromatic rings. The zero-order valence-electron chi connectivity index (χ0n) is 21.4. The van der Waals surface area contributed by atoms with E-state index < -0.39 is 11.4 Å². The number of aromatic nitrogens is 1. The Kier molecular flexibility index (Phi) is 6.03. The number of aliphatic carboxylic acids is 1. The van der Waals surface area contributed by atoms with Crippen LogP contribution in [-0.2, 0) is 21.4 Å². The molecule has 8 nitrogen and oxygen atoms in total. The van der Waals surface area contributed by atoms with Crippen LogP contribution in [0.25, 0.3) is 10.9 Å². The van der Waals surface area contributed by atoms with Crippen molar-refractivity contribution >= 4 is 34.3 Å². The molecule has 1 aliphatic carbocycles. The van der Waals surface area contributed by atoms with Crippen LogP contribution in [0.4, 0.5) is 5.69 Å². The summed E-state index contributed by atoms with van der Waals surface area (Å²) < 4.78 is 0. The number of ketones is 1. The Bertz CT molecular complexity index is 1490. The highest BCUT2D eigenvalue weighted by Crippen LogP contribution is 2.45. The van der Waals surface area contributed by atoms with Gasteiger partial charge < -0.3 is 19.9 Å². The molecule has 2 aliphatic rings. The summed E-state index contributed by atoms with van der Waals surface area (Å²) in [5.74, 6) is -1.09. The first-order valence-corrected chi connectivity index (χ1v) is 12.7. The Morgan fingerprint density at radius 1 is 1.11 bits per heavy atom. The average Bonchev–Trinajstić information content (AvgIpc) is 3.30. The number of rotatable bonds is 5. The summed E-state index contributed by atoms with van der Waals surface area (Å²) >= 11 is 0. The van der Waals surface area contributed by atoms with Crippen molar-refractivity contribution in [3.05, 3.63) is 63.8 Å². The van der Waals surface area contributed by atoms with Crippen molar-refractivity contribution in [3.63, 3.8) is 0 Å². The second kappa shape index (κ2) is 9.07. The normalized spacial score (nSPS) is 16.3. The molecule has 0 radical (unpaired) electrons. The lowest BCUT2D eigenvalue weighted by atomic mass is 9.70. The number of nitriles is 1. The van der Waals surface area contributed by atoms with Gasteiger partial charge in [-0.05, 0) is 41.8 Å². The molecule has 2 aromatic carbocycles. The number of carbonyl (C=O) groups excluding carboxylic acids is 2. The highest BCUT2D eigenvalue weighted by Gasteiger charge is 2.40. The van der Waals surface area contributed by atoms with Gasteiger partial charge >= 0.3 is 5.97 Å². The first kappa shape index (κ1) is 24.6. The quantitative estimate of drug-likeness (QED) is 0.549. The molecule has 8 heteroatoms. The van der Waals surface area contributed by atoms with Crippen LogP contribution in [0.1, 0.15) is 71.9 Å². The van der Waals surface area contributed by atoms with Crippen molar-refractivity contribution in [1.29, 1.82) is 5.26 Å². The van der Waals surface area contributed by atoms with Crippen LogP contribution in [0.2, 0.25) is 0 Å². The van der Waals surface area contributed by atoms with Gasteiger partial charge in [0.05, 0.1) is 23.6 Å². The van der Waals surface area contributed by atoms with E-state index in [1.165, 1.54) is 0 Å². The van der Waals surface area contributed by atoms with Crippen LogP contribution in [0.15, 0.2) is 30.3 Å². The number of nitrogens with zero attached hydrogens (tertiary/aromatic N) is 3. The van der Waals surface area contributed by atoms with Crippen molar-refractivity contribution in [3.8, 4) is 6.07 Å². The Hall–Kier alpha value is -4.12. The number of fused-ring (bicyclic) bond motifs is 4. The number of carboxylic acid groups (broad SMARTS) is 1. The number of hydrogen-bond donors (Lipinski definition) is 2. The fraction of sp³-hybridized carbons (Fsp3) is 0.379. The largest absolute Gasteiger partial charge is 0.481 e. The number of aryl methyl sites for hydroxylation is 1. The Morgan fingerprint density at radius 2 is 1.84 bits per heavy atom. The number of nitrogens with one attached hydrogen (secondary N) is 1. The number of carboxylic acids is 1. The predicted molar refractivity (Wildman–Crippen MR) is 140 cm³/mol. The number of H-pyrrole nitrogens is 1. The van der Waals surface area contributed by atoms with Gasteiger partial charge in [0.1, 0.15) is 0 Å². The van der Waals surface area contributed by atoms with Crippen LogP contribution in [0.5, 0.6) is 0 Å². The minimum Gasteiger partial charge on any atom is -0.481 e. The minimum absolute atomic E-state index is 0.00428. The molecule has 190 valence electrons. The number of piperazine rings is 1. The van der Waals surface area contributed by atoms with E-state index in [2.05, 4.69) is 42.8 Å². The molecule has 0 atom stereocenters. The minimum atomic E-state index is -0.964. The standard InChI is InChI=1S/C29H30N4O4/c1-4-18-14-20-21(15-23(18)32-9-11-33(12-10-32)24(34)7-8-25(35)36)29(2,3)28-26(27(20)37)19-6-5-17(16-30)13-22(19)31-28/h5-6,13-15,31H,4,7-12H2,1-3H3,(H,35,36). The van der Waals surface area contributed by atoms with Crippen LogP contribution >= 0.6 is 0 Å². The summed E-state index contributed by atoms with van der Waals surface area (Å²) in [5, 5.41) is 19.0. The SMILES string of the molecule is CCc1cc2c(cc1N1CCN(C(=O)CCC(=O)O)CC1)C(C)(C)c1[nH]c3cc(C#N)ccc3c1C2=O. The van der Waals surface area contributed by atoms with E-state index in [1.807, 2.05) is 12.1 Å². The monoisotopic (exact) mass is 498 g/mol. The summed E-state index contributed by atoms with van der Waals surface area (Å²) in [4.78, 5) is 44.5. The molecule has 0 bridgehead atoms. The van der Waals surface area contributed by atoms with Crippen molar-refractivity contribution < 1.29 is 19.5 Å². The molecule has 1 aromatic heterocycles. The van der Waals surface area contributed by atoms with Gasteiger partial charge in [0.15, 0.2) is 5.78 Å². The third-order valence-electron chi connectivity index (χ3n) is 7.82. The maximum absolute atomic E-state index is 13.8. The molecule has 5 rings (SSSR count). The average molecular weight is 499 g/mol. The van der Waals surface area contributed by atoms with Crippen molar-refractivity contribution in [2.75, 3.05) is 31.1 Å². The van der Waals surface area contributed by atoms with Gasteiger partial charge in [-0.15, -0.1) is 0 Å². The Morgan fingerprint density at radius 3 is 2.49 bits per heavy atom. The summed E-state index contributed by atoms with van der Waals surface area (Å²) in [6, 6.07) is 11.7. The molecule has 1 fully saturated rings. The van der Waals surface area contributed by atoms with E-state index in [4.69, 9.17) is 5.11 Å². The third kappa shape index (κ3) is 4.05. The van der Waals surface area contributed by atoms with Gasteiger partial charge in [-0.3, -0.25) is 14.4 Å². The van der Waals surface area contributed by atoms with Crippen LogP contribution in [-0.4, -0.2) is 58.8 Å². The summed E-state index contributed by atoms with van der Waals surface area (Å²) in [5.41, 5.74) is 6.26. The second-order valence-corrected chi connectivity index (χ2v) is 10.3. The van der Waals surface area contributed by atoms with Gasteiger partial charge in [-0.2, -0.15) is 5.26 Å². The molecule has 1 amide bonds. The number of benzene rings is 2. The first-order chi connectivity index (χ1) is 17.6. The summed E-state index contributed by atoms with van der Waals surface area (Å²) in [6.07, 6.45) is 0.633. The van der Waals surface area contributed by atoms with E-state index >= 15 is 0 Å². The van der Waals surface area contributed by atoms with Gasteiger partial charge in [-0.25, -0.2) is 0 Å². The van der Waals surface area contributed by atoms with E-state index in [0.29, 0.717) is 42.9 Å². The number of amides is 1. The maximum Gasteiger partial charge on any atom is 0.303 e. The molecular weight excluding hydrogens is 468 g/mol. The van der Waals surface area contributed by atoms with Gasteiger partial charge in [-0.1, -0.05) is 26.8 Å². The van der Waals surface area contributed by atoms with Crippen molar-refractivity contribution in [2.24, 2.45) is 0 Å². The molecular formula is C29H30N4O4. The molecule has 37 heavy (non-hydrogen) atoms. The lowest BCUT2D eigenvalue weighted by molar-refractivity contribution is -0.141. The predicted octanol–water partition coefficient (Wildman–Crippen LogP) is 3.99. The van der Waals surface area contributed by atoms with E-state index in [-0.39, 0.29) is 24.5 Å². The molecule has 2 N–H and O–H groups in total. The maximum atomic E-state index is 13.8. The van der Waals surface area contributed by atoms with Crippen LogP contribution < -0.4 is 4.90 Å². The van der Waals surface area contributed by atoms with Crippen LogP contribution in [0.3, 0.4) is 0 Å². The molecule has 0 spiro atoms. The zero-order chi connectivity index (χ0) is 26.5. The Balaban J connectivity index is 1.49. The van der Waals surface area contributed by atoms with Gasteiger partial charge in [0.2, 0.25) is 5.91 Å². The smallest absolute Gasteiger partial charge is 0.303 e. The van der Waals surface area contributed by atoms with E-state index in [9.17, 15) is 19.6 Å². The van der Waals surface area contributed by atoms with Gasteiger partial charge in [0, 0.05) is 65.9 Å².